The fourth-order valence-corrected chi connectivity index (χ4v) is 3.11. The Bertz CT molecular complexity index is 710. The van der Waals surface area contributed by atoms with Crippen LogP contribution in [0.4, 0.5) is 4.39 Å². The average Bonchev–Trinajstić information content (AvgIpc) is 3.19. The number of aromatic nitrogens is 2. The number of hydrogen-bond donors (Lipinski definition) is 0. The Morgan fingerprint density at radius 3 is 2.96 bits per heavy atom. The number of carbonyl (C=O) groups excluding carboxylic acids is 1. The van der Waals surface area contributed by atoms with Crippen molar-refractivity contribution in [2.75, 3.05) is 13.1 Å². The lowest BCUT2D eigenvalue weighted by Gasteiger charge is -2.15. The van der Waals surface area contributed by atoms with Gasteiger partial charge < -0.3 is 4.90 Å². The van der Waals surface area contributed by atoms with Crippen LogP contribution in [0.15, 0.2) is 30.6 Å². The van der Waals surface area contributed by atoms with Crippen molar-refractivity contribution in [2.24, 2.45) is 5.92 Å². The van der Waals surface area contributed by atoms with E-state index in [4.69, 9.17) is 0 Å². The quantitative estimate of drug-likeness (QED) is 0.870. The lowest BCUT2D eigenvalue weighted by molar-refractivity contribution is 0.0787. The predicted molar refractivity (Wildman–Crippen MR) is 86.8 cm³/mol. The summed E-state index contributed by atoms with van der Waals surface area (Å²) in [5.41, 5.74) is 2.32. The van der Waals surface area contributed by atoms with Crippen molar-refractivity contribution in [1.29, 1.82) is 0 Å². The van der Waals surface area contributed by atoms with Gasteiger partial charge in [0.2, 0.25) is 0 Å². The van der Waals surface area contributed by atoms with Crippen LogP contribution in [0.5, 0.6) is 0 Å². The molecule has 0 spiro atoms. The largest absolute Gasteiger partial charge is 0.338 e. The summed E-state index contributed by atoms with van der Waals surface area (Å²) in [6.07, 6.45) is 5.21. The monoisotopic (exact) mass is 315 g/mol. The lowest BCUT2D eigenvalue weighted by Crippen LogP contribution is -2.28. The maximum absolute atomic E-state index is 13.6. The van der Waals surface area contributed by atoms with Crippen molar-refractivity contribution in [3.63, 3.8) is 0 Å². The van der Waals surface area contributed by atoms with Gasteiger partial charge in [-0.15, -0.1) is 0 Å². The molecule has 0 radical (unpaired) electrons. The van der Waals surface area contributed by atoms with Gasteiger partial charge in [-0.3, -0.25) is 9.48 Å². The van der Waals surface area contributed by atoms with Crippen LogP contribution in [0.2, 0.25) is 0 Å². The molecule has 1 aliphatic heterocycles. The number of likely N-dealkylation sites (tertiary alicyclic amines) is 1. The minimum absolute atomic E-state index is 0.0438. The molecule has 122 valence electrons. The van der Waals surface area contributed by atoms with Crippen LogP contribution in [-0.2, 0) is 13.0 Å². The standard InChI is InChI=1S/C18H22FN3O/c1-3-22-12-16(10-20-22)18(23)21-7-6-15(11-21)8-14-5-4-13(2)17(19)9-14/h4-5,9-10,12,15H,3,6-8,11H2,1-2H3. The number of carbonyl (C=O) groups is 1. The van der Waals surface area contributed by atoms with Crippen LogP contribution in [0.1, 0.15) is 34.8 Å². The number of aryl methyl sites for hydroxylation is 2. The Balaban J connectivity index is 1.61. The van der Waals surface area contributed by atoms with Gasteiger partial charge in [0, 0.05) is 25.8 Å². The molecule has 0 N–H and O–H groups in total. The van der Waals surface area contributed by atoms with Gasteiger partial charge in [0.1, 0.15) is 5.82 Å². The molecule has 2 aromatic rings. The zero-order valence-electron chi connectivity index (χ0n) is 13.6. The second kappa shape index (κ2) is 6.52. The van der Waals surface area contributed by atoms with Crippen LogP contribution >= 0.6 is 0 Å². The third-order valence-electron chi connectivity index (χ3n) is 4.54. The second-order valence-electron chi connectivity index (χ2n) is 6.28. The molecule has 1 fully saturated rings. The van der Waals surface area contributed by atoms with Crippen molar-refractivity contribution >= 4 is 5.91 Å². The van der Waals surface area contributed by atoms with E-state index in [1.807, 2.05) is 24.0 Å². The van der Waals surface area contributed by atoms with E-state index in [-0.39, 0.29) is 11.7 Å². The van der Waals surface area contributed by atoms with Gasteiger partial charge in [-0.2, -0.15) is 5.10 Å². The molecule has 2 heterocycles. The summed E-state index contributed by atoms with van der Waals surface area (Å²) in [6, 6.07) is 5.42. The summed E-state index contributed by atoms with van der Waals surface area (Å²) in [7, 11) is 0. The molecule has 0 aliphatic carbocycles. The molecule has 1 amide bonds. The molecule has 23 heavy (non-hydrogen) atoms. The zero-order chi connectivity index (χ0) is 16.4. The fourth-order valence-electron chi connectivity index (χ4n) is 3.11. The van der Waals surface area contributed by atoms with E-state index in [2.05, 4.69) is 5.10 Å². The number of halogens is 1. The number of rotatable bonds is 4. The summed E-state index contributed by atoms with van der Waals surface area (Å²) in [4.78, 5) is 14.4. The second-order valence-corrected chi connectivity index (χ2v) is 6.28. The molecule has 4 nitrogen and oxygen atoms in total. The van der Waals surface area contributed by atoms with Gasteiger partial charge >= 0.3 is 0 Å². The van der Waals surface area contributed by atoms with Crippen molar-refractivity contribution in [3.05, 3.63) is 53.1 Å². The molecular weight excluding hydrogens is 293 g/mol. The first-order chi connectivity index (χ1) is 11.1. The molecule has 1 aromatic carbocycles. The third kappa shape index (κ3) is 3.44. The SMILES string of the molecule is CCn1cc(C(=O)N2CCC(Cc3ccc(C)c(F)c3)C2)cn1. The van der Waals surface area contributed by atoms with Crippen molar-refractivity contribution in [1.82, 2.24) is 14.7 Å². The Hall–Kier alpha value is -2.17. The van der Waals surface area contributed by atoms with Crippen molar-refractivity contribution in [2.45, 2.75) is 33.2 Å². The molecule has 1 saturated heterocycles. The van der Waals surface area contributed by atoms with E-state index in [9.17, 15) is 9.18 Å². The fraction of sp³-hybridized carbons (Fsp3) is 0.444. The zero-order valence-corrected chi connectivity index (χ0v) is 13.6. The Kier molecular flexibility index (Phi) is 4.46. The van der Waals surface area contributed by atoms with Crippen LogP contribution in [-0.4, -0.2) is 33.7 Å². The summed E-state index contributed by atoms with van der Waals surface area (Å²) in [5.74, 6) is 0.282. The van der Waals surface area contributed by atoms with Crippen molar-refractivity contribution < 1.29 is 9.18 Å². The first-order valence-electron chi connectivity index (χ1n) is 8.13. The molecule has 1 aromatic heterocycles. The number of nitrogens with zero attached hydrogens (tertiary/aromatic N) is 3. The Morgan fingerprint density at radius 1 is 1.43 bits per heavy atom. The van der Waals surface area contributed by atoms with E-state index in [0.717, 1.165) is 38.0 Å². The highest BCUT2D eigenvalue weighted by atomic mass is 19.1. The molecule has 0 bridgehead atoms. The van der Waals surface area contributed by atoms with Crippen molar-refractivity contribution in [3.8, 4) is 0 Å². The molecule has 5 heteroatoms. The third-order valence-corrected chi connectivity index (χ3v) is 4.54. The first kappa shape index (κ1) is 15.7. The van der Waals surface area contributed by atoms with Gasteiger partial charge in [-0.25, -0.2) is 4.39 Å². The normalized spacial score (nSPS) is 17.7. The molecule has 1 unspecified atom stereocenters. The van der Waals surface area contributed by atoms with Crippen LogP contribution in [0, 0.1) is 18.7 Å². The smallest absolute Gasteiger partial charge is 0.257 e. The maximum Gasteiger partial charge on any atom is 0.257 e. The summed E-state index contributed by atoms with van der Waals surface area (Å²) in [5, 5.41) is 4.16. The summed E-state index contributed by atoms with van der Waals surface area (Å²) < 4.78 is 15.4. The summed E-state index contributed by atoms with van der Waals surface area (Å²) >= 11 is 0. The number of amides is 1. The van der Waals surface area contributed by atoms with Gasteiger partial charge in [-0.05, 0) is 49.8 Å². The van der Waals surface area contributed by atoms with E-state index < -0.39 is 0 Å². The van der Waals surface area contributed by atoms with Gasteiger partial charge in [0.05, 0.1) is 11.8 Å². The Morgan fingerprint density at radius 2 is 2.26 bits per heavy atom. The first-order valence-corrected chi connectivity index (χ1v) is 8.13. The summed E-state index contributed by atoms with van der Waals surface area (Å²) in [6.45, 7) is 6.01. The van der Waals surface area contributed by atoms with Gasteiger partial charge in [-0.1, -0.05) is 12.1 Å². The lowest BCUT2D eigenvalue weighted by atomic mass is 9.98. The van der Waals surface area contributed by atoms with E-state index in [1.54, 1.807) is 30.1 Å². The number of benzene rings is 1. The van der Waals surface area contributed by atoms with E-state index in [0.29, 0.717) is 17.0 Å². The Labute approximate surface area is 135 Å². The minimum atomic E-state index is -0.152. The highest BCUT2D eigenvalue weighted by Crippen LogP contribution is 2.23. The number of hydrogen-bond acceptors (Lipinski definition) is 2. The van der Waals surface area contributed by atoms with Crippen LogP contribution in [0.3, 0.4) is 0 Å². The highest BCUT2D eigenvalue weighted by molar-refractivity contribution is 5.93. The van der Waals surface area contributed by atoms with E-state index in [1.165, 1.54) is 0 Å². The van der Waals surface area contributed by atoms with Crippen LogP contribution in [0.25, 0.3) is 0 Å². The molecule has 3 rings (SSSR count). The topological polar surface area (TPSA) is 38.1 Å². The minimum Gasteiger partial charge on any atom is -0.338 e. The molecular formula is C18H22FN3O. The average molecular weight is 315 g/mol. The molecule has 1 atom stereocenters. The maximum atomic E-state index is 13.6. The van der Waals surface area contributed by atoms with Gasteiger partial charge in [0.25, 0.3) is 5.91 Å². The molecule has 0 saturated carbocycles. The predicted octanol–water partition coefficient (Wildman–Crippen LogP) is 3.06. The van der Waals surface area contributed by atoms with Crippen LogP contribution < -0.4 is 0 Å². The highest BCUT2D eigenvalue weighted by Gasteiger charge is 2.27. The molecule has 1 aliphatic rings. The van der Waals surface area contributed by atoms with Gasteiger partial charge in [0.15, 0.2) is 0 Å². The van der Waals surface area contributed by atoms with E-state index >= 15 is 0 Å².